The number of aromatic nitrogens is 7. The maximum Gasteiger partial charge on any atom is 0.179 e. The lowest BCUT2D eigenvalue weighted by molar-refractivity contribution is 0.189. The molecular weight excluding hydrogens is 361 g/mol. The Kier molecular flexibility index (Phi) is 4.82. The second-order valence-electron chi connectivity index (χ2n) is 6.55. The smallest absolute Gasteiger partial charge is 0.179 e. The summed E-state index contributed by atoms with van der Waals surface area (Å²) in [5, 5.41) is 14.1. The number of halogens is 1. The normalized spacial score (nSPS) is 12.6. The van der Waals surface area contributed by atoms with Gasteiger partial charge in [-0.1, -0.05) is 13.3 Å². The van der Waals surface area contributed by atoms with Crippen molar-refractivity contribution in [2.24, 2.45) is 0 Å². The van der Waals surface area contributed by atoms with Crippen LogP contribution < -0.4 is 0 Å². The second-order valence-corrected chi connectivity index (χ2v) is 6.55. The summed E-state index contributed by atoms with van der Waals surface area (Å²) < 4.78 is 17.6. The number of hydrogen-bond donors (Lipinski definition) is 1. The molecule has 0 aliphatic carbocycles. The van der Waals surface area contributed by atoms with E-state index in [0.717, 1.165) is 24.1 Å². The topological polar surface area (TPSA) is 94.0 Å². The monoisotopic (exact) mass is 381 g/mol. The van der Waals surface area contributed by atoms with Gasteiger partial charge in [-0.05, 0) is 25.5 Å². The Hall–Kier alpha value is -3.20. The number of aliphatic hydroxyl groups excluding tert-OH is 1. The molecule has 4 heterocycles. The lowest BCUT2D eigenvalue weighted by Gasteiger charge is -2.12. The van der Waals surface area contributed by atoms with Crippen LogP contribution in [0.2, 0.25) is 0 Å². The number of nitrogens with zero attached hydrogens (tertiary/aromatic N) is 7. The summed E-state index contributed by atoms with van der Waals surface area (Å²) >= 11 is 0. The minimum Gasteiger partial charge on any atom is -0.385 e. The molecule has 0 aromatic carbocycles. The van der Waals surface area contributed by atoms with E-state index in [9.17, 15) is 9.50 Å². The second kappa shape index (κ2) is 7.43. The zero-order chi connectivity index (χ0) is 19.7. The Bertz CT molecular complexity index is 1120. The molecule has 28 heavy (non-hydrogen) atoms. The number of fused-ring (bicyclic) bond motifs is 1. The fourth-order valence-electron chi connectivity index (χ4n) is 3.14. The fourth-order valence-corrected chi connectivity index (χ4v) is 3.14. The van der Waals surface area contributed by atoms with Gasteiger partial charge in [-0.15, -0.1) is 5.10 Å². The van der Waals surface area contributed by atoms with Gasteiger partial charge in [0, 0.05) is 24.2 Å². The van der Waals surface area contributed by atoms with E-state index in [1.807, 2.05) is 4.57 Å². The highest BCUT2D eigenvalue weighted by atomic mass is 19.1. The molecule has 4 aromatic rings. The highest BCUT2D eigenvalue weighted by Gasteiger charge is 2.18. The predicted molar refractivity (Wildman–Crippen MR) is 99.9 cm³/mol. The summed E-state index contributed by atoms with van der Waals surface area (Å²) in [7, 11) is 0. The van der Waals surface area contributed by atoms with Crippen molar-refractivity contribution >= 4 is 5.65 Å². The van der Waals surface area contributed by atoms with Crippen molar-refractivity contribution in [1.82, 2.24) is 34.1 Å². The van der Waals surface area contributed by atoms with Gasteiger partial charge < -0.3 is 9.67 Å². The van der Waals surface area contributed by atoms with Gasteiger partial charge in [0.05, 0.1) is 12.2 Å². The van der Waals surface area contributed by atoms with Crippen molar-refractivity contribution in [1.29, 1.82) is 0 Å². The first kappa shape index (κ1) is 18.2. The van der Waals surface area contributed by atoms with E-state index in [0.29, 0.717) is 23.8 Å². The molecule has 4 aromatic heterocycles. The van der Waals surface area contributed by atoms with E-state index in [1.54, 1.807) is 36.2 Å². The van der Waals surface area contributed by atoms with Crippen LogP contribution in [-0.2, 0) is 13.0 Å². The Labute approximate surface area is 160 Å². The minimum atomic E-state index is -0.759. The molecule has 0 saturated carbocycles. The molecule has 0 bridgehead atoms. The van der Waals surface area contributed by atoms with Gasteiger partial charge in [0.1, 0.15) is 18.1 Å². The van der Waals surface area contributed by atoms with Gasteiger partial charge in [0.25, 0.3) is 0 Å². The Morgan fingerprint density at radius 1 is 1.21 bits per heavy atom. The van der Waals surface area contributed by atoms with Crippen LogP contribution in [0.4, 0.5) is 4.39 Å². The van der Waals surface area contributed by atoms with E-state index in [4.69, 9.17) is 0 Å². The molecule has 8 nitrogen and oxygen atoms in total. The van der Waals surface area contributed by atoms with Crippen LogP contribution >= 0.6 is 0 Å². The maximum absolute atomic E-state index is 14.2. The first-order valence-electron chi connectivity index (χ1n) is 9.11. The van der Waals surface area contributed by atoms with E-state index in [1.165, 1.54) is 12.3 Å². The predicted octanol–water partition coefficient (Wildman–Crippen LogP) is 2.58. The van der Waals surface area contributed by atoms with Crippen molar-refractivity contribution < 1.29 is 9.50 Å². The quantitative estimate of drug-likeness (QED) is 0.552. The Balaban J connectivity index is 1.78. The lowest BCUT2D eigenvalue weighted by Crippen LogP contribution is -2.10. The highest BCUT2D eigenvalue weighted by Crippen LogP contribution is 2.22. The van der Waals surface area contributed by atoms with E-state index in [2.05, 4.69) is 32.0 Å². The molecule has 0 fully saturated rings. The van der Waals surface area contributed by atoms with E-state index < -0.39 is 11.9 Å². The zero-order valence-corrected chi connectivity index (χ0v) is 15.6. The van der Waals surface area contributed by atoms with Crippen molar-refractivity contribution in [3.05, 3.63) is 59.9 Å². The number of hydrogen-bond acceptors (Lipinski definition) is 6. The molecule has 0 amide bonds. The van der Waals surface area contributed by atoms with Gasteiger partial charge in [-0.3, -0.25) is 0 Å². The molecule has 144 valence electrons. The van der Waals surface area contributed by atoms with Crippen LogP contribution in [0.3, 0.4) is 0 Å². The summed E-state index contributed by atoms with van der Waals surface area (Å²) in [4.78, 5) is 17.4. The van der Waals surface area contributed by atoms with Gasteiger partial charge in [0.15, 0.2) is 23.1 Å². The molecule has 0 saturated heterocycles. The minimum absolute atomic E-state index is 0.199. The van der Waals surface area contributed by atoms with Gasteiger partial charge in [0.2, 0.25) is 0 Å². The molecule has 0 aliphatic rings. The van der Waals surface area contributed by atoms with Crippen molar-refractivity contribution in [2.75, 3.05) is 0 Å². The summed E-state index contributed by atoms with van der Waals surface area (Å²) in [6.07, 6.45) is 7.41. The highest BCUT2D eigenvalue weighted by molar-refractivity contribution is 5.52. The van der Waals surface area contributed by atoms with Gasteiger partial charge in [-0.25, -0.2) is 28.8 Å². The third kappa shape index (κ3) is 3.24. The largest absolute Gasteiger partial charge is 0.385 e. The summed E-state index contributed by atoms with van der Waals surface area (Å²) in [6, 6.07) is 2.91. The van der Waals surface area contributed by atoms with Crippen LogP contribution in [0.5, 0.6) is 0 Å². The summed E-state index contributed by atoms with van der Waals surface area (Å²) in [5.74, 6) is 0.370. The lowest BCUT2D eigenvalue weighted by atomic mass is 10.1. The molecule has 1 atom stereocenters. The van der Waals surface area contributed by atoms with Crippen LogP contribution in [-0.4, -0.2) is 39.2 Å². The first-order chi connectivity index (χ1) is 13.6. The third-order valence-electron chi connectivity index (χ3n) is 4.47. The van der Waals surface area contributed by atoms with Crippen molar-refractivity contribution in [2.45, 2.75) is 39.3 Å². The van der Waals surface area contributed by atoms with Crippen LogP contribution in [0.1, 0.15) is 43.5 Å². The SMILES string of the molecule is CCCc1c(Cn2ccnc2-c2ncccc2F)ncn2nc(C(C)O)nc12. The molecule has 4 rings (SSSR count). The molecule has 1 unspecified atom stereocenters. The molecule has 9 heteroatoms. The molecule has 0 aliphatic heterocycles. The van der Waals surface area contributed by atoms with Crippen LogP contribution in [0, 0.1) is 5.82 Å². The fraction of sp³-hybridized carbons (Fsp3) is 0.316. The van der Waals surface area contributed by atoms with Crippen LogP contribution in [0.25, 0.3) is 17.2 Å². The standard InChI is InChI=1S/C19H20FN7O/c1-3-5-13-15(23-11-27-18(13)24-17(25-27)12(2)28)10-26-9-8-22-19(26)16-14(20)6-4-7-21-16/h4,6-9,11-12,28H,3,5,10H2,1-2H3. The van der Waals surface area contributed by atoms with E-state index >= 15 is 0 Å². The third-order valence-corrected chi connectivity index (χ3v) is 4.47. The maximum atomic E-state index is 14.2. The summed E-state index contributed by atoms with van der Waals surface area (Å²) in [6.45, 7) is 4.10. The number of aliphatic hydroxyl groups is 1. The number of aryl methyl sites for hydroxylation is 1. The Morgan fingerprint density at radius 2 is 2.07 bits per heavy atom. The number of rotatable bonds is 6. The van der Waals surface area contributed by atoms with Crippen molar-refractivity contribution in [3.8, 4) is 11.5 Å². The van der Waals surface area contributed by atoms with Crippen molar-refractivity contribution in [3.63, 3.8) is 0 Å². The van der Waals surface area contributed by atoms with E-state index in [-0.39, 0.29) is 5.69 Å². The average molecular weight is 381 g/mol. The number of pyridine rings is 1. The van der Waals surface area contributed by atoms with Gasteiger partial charge >= 0.3 is 0 Å². The zero-order valence-electron chi connectivity index (χ0n) is 15.6. The molecule has 0 spiro atoms. The molecule has 0 radical (unpaired) electrons. The first-order valence-corrected chi connectivity index (χ1v) is 9.11. The van der Waals surface area contributed by atoms with Gasteiger partial charge in [-0.2, -0.15) is 0 Å². The van der Waals surface area contributed by atoms with Crippen LogP contribution in [0.15, 0.2) is 37.1 Å². The summed E-state index contributed by atoms with van der Waals surface area (Å²) in [5.41, 5.74) is 2.62. The molecule has 1 N–H and O–H groups in total. The number of imidazole rings is 1. The Morgan fingerprint density at radius 3 is 2.82 bits per heavy atom. The molecular formula is C19H20FN7O. The average Bonchev–Trinajstić information content (AvgIpc) is 3.31.